The van der Waals surface area contributed by atoms with E-state index in [0.29, 0.717) is 17.8 Å². The summed E-state index contributed by atoms with van der Waals surface area (Å²) >= 11 is 0. The highest BCUT2D eigenvalue weighted by Gasteiger charge is 2.42. The molecule has 2 aromatic carbocycles. The first-order chi connectivity index (χ1) is 24.0. The SMILES string of the molecule is CCCN1C[C@@H](Cn2cccn2)O[C@H]2Cc3c(O)cccc3C[C@@H]21.CCCN1C[C@@H](Cn2cccn2)O[C@H]2Cc3c(cccc3OC)C[C@@H]21. The zero-order valence-corrected chi connectivity index (χ0v) is 29.2. The molecule has 2 saturated heterocycles. The van der Waals surface area contributed by atoms with Crippen LogP contribution in [0, 0.1) is 0 Å². The van der Waals surface area contributed by atoms with Crippen LogP contribution >= 0.6 is 0 Å². The minimum atomic E-state index is 0.144. The van der Waals surface area contributed by atoms with Gasteiger partial charge in [0.25, 0.3) is 0 Å². The van der Waals surface area contributed by atoms with Crippen molar-refractivity contribution in [2.45, 2.75) is 102 Å². The molecule has 0 bridgehead atoms. The van der Waals surface area contributed by atoms with E-state index >= 15 is 0 Å². The zero-order chi connectivity index (χ0) is 33.7. The van der Waals surface area contributed by atoms with Gasteiger partial charge in [-0.1, -0.05) is 38.1 Å². The summed E-state index contributed by atoms with van der Waals surface area (Å²) in [5.41, 5.74) is 5.07. The van der Waals surface area contributed by atoms with Crippen molar-refractivity contribution < 1.29 is 19.3 Å². The van der Waals surface area contributed by atoms with E-state index in [9.17, 15) is 5.11 Å². The van der Waals surface area contributed by atoms with E-state index in [1.54, 1.807) is 13.2 Å². The van der Waals surface area contributed by atoms with E-state index in [1.807, 2.05) is 52.4 Å². The van der Waals surface area contributed by atoms with Crippen molar-refractivity contribution in [3.63, 3.8) is 0 Å². The Morgan fingerprint density at radius 3 is 1.76 bits per heavy atom. The molecule has 0 amide bonds. The summed E-state index contributed by atoms with van der Waals surface area (Å²) in [6.07, 6.45) is 14.4. The number of nitrogens with zero attached hydrogens (tertiary/aromatic N) is 6. The average Bonchev–Trinajstić information content (AvgIpc) is 3.82. The molecule has 0 radical (unpaired) electrons. The monoisotopic (exact) mass is 668 g/mol. The lowest BCUT2D eigenvalue weighted by atomic mass is 9.83. The molecule has 262 valence electrons. The van der Waals surface area contributed by atoms with Gasteiger partial charge >= 0.3 is 0 Å². The Balaban J connectivity index is 0.000000154. The van der Waals surface area contributed by atoms with Crippen LogP contribution in [-0.2, 0) is 48.2 Å². The van der Waals surface area contributed by atoms with Gasteiger partial charge in [0.15, 0.2) is 0 Å². The number of hydrogen-bond acceptors (Lipinski definition) is 8. The van der Waals surface area contributed by atoms with Gasteiger partial charge in [0.1, 0.15) is 11.5 Å². The van der Waals surface area contributed by atoms with E-state index in [0.717, 1.165) is 82.7 Å². The number of phenolic OH excluding ortho intramolecular Hbond substituents is 1. The van der Waals surface area contributed by atoms with Crippen molar-refractivity contribution >= 4 is 0 Å². The topological polar surface area (TPSA) is 90.0 Å². The third-order valence-corrected chi connectivity index (χ3v) is 10.7. The van der Waals surface area contributed by atoms with Crippen LogP contribution in [0.1, 0.15) is 48.9 Å². The molecule has 4 heterocycles. The number of morpholine rings is 2. The van der Waals surface area contributed by atoms with E-state index in [2.05, 4.69) is 58.1 Å². The Kier molecular flexibility index (Phi) is 10.7. The molecule has 8 rings (SSSR count). The first-order valence-electron chi connectivity index (χ1n) is 18.2. The smallest absolute Gasteiger partial charge is 0.122 e. The summed E-state index contributed by atoms with van der Waals surface area (Å²) in [7, 11) is 1.76. The largest absolute Gasteiger partial charge is 0.508 e. The molecule has 4 aromatic rings. The number of hydrogen-bond donors (Lipinski definition) is 1. The normalized spacial score (nSPS) is 26.4. The quantitative estimate of drug-likeness (QED) is 0.273. The molecule has 6 atom stereocenters. The molecule has 0 unspecified atom stereocenters. The number of rotatable bonds is 9. The molecule has 0 spiro atoms. The van der Waals surface area contributed by atoms with Crippen molar-refractivity contribution in [2.75, 3.05) is 33.3 Å². The second-order valence-electron chi connectivity index (χ2n) is 14.0. The van der Waals surface area contributed by atoms with Gasteiger partial charge in [0, 0.05) is 62.8 Å². The molecule has 1 N–H and O–H groups in total. The molecular weight excluding hydrogens is 616 g/mol. The second-order valence-corrected chi connectivity index (χ2v) is 14.0. The third-order valence-electron chi connectivity index (χ3n) is 10.7. The predicted molar refractivity (Wildman–Crippen MR) is 189 cm³/mol. The van der Waals surface area contributed by atoms with Crippen molar-refractivity contribution in [1.82, 2.24) is 29.4 Å². The van der Waals surface area contributed by atoms with Gasteiger partial charge in [0.05, 0.1) is 44.6 Å². The number of fused-ring (bicyclic) bond motifs is 4. The fourth-order valence-corrected chi connectivity index (χ4v) is 8.57. The highest BCUT2D eigenvalue weighted by atomic mass is 16.5. The number of methoxy groups -OCH3 is 1. The summed E-state index contributed by atoms with van der Waals surface area (Å²) in [5.74, 6) is 1.40. The van der Waals surface area contributed by atoms with Crippen molar-refractivity contribution in [1.29, 1.82) is 0 Å². The third kappa shape index (κ3) is 7.57. The molecule has 49 heavy (non-hydrogen) atoms. The summed E-state index contributed by atoms with van der Waals surface area (Å²) in [6.45, 7) is 10.2. The van der Waals surface area contributed by atoms with Gasteiger partial charge in [0.2, 0.25) is 0 Å². The molecule has 2 aliphatic carbocycles. The number of aromatic hydroxyl groups is 1. The van der Waals surface area contributed by atoms with Crippen LogP contribution in [0.15, 0.2) is 73.3 Å². The number of phenols is 1. The molecular formula is C39H52N6O4. The van der Waals surface area contributed by atoms with E-state index < -0.39 is 0 Å². The minimum Gasteiger partial charge on any atom is -0.508 e. The van der Waals surface area contributed by atoms with Crippen LogP contribution in [-0.4, -0.2) is 104 Å². The van der Waals surface area contributed by atoms with Crippen LogP contribution in [0.2, 0.25) is 0 Å². The fraction of sp³-hybridized carbons (Fsp3) is 0.538. The highest BCUT2D eigenvalue weighted by molar-refractivity contribution is 5.44. The van der Waals surface area contributed by atoms with Crippen LogP contribution in [0.25, 0.3) is 0 Å². The lowest BCUT2D eigenvalue weighted by molar-refractivity contribution is -0.128. The maximum absolute atomic E-state index is 10.2. The average molecular weight is 669 g/mol. The second kappa shape index (κ2) is 15.5. The first-order valence-corrected chi connectivity index (χ1v) is 18.2. The predicted octanol–water partition coefficient (Wildman–Crippen LogP) is 4.77. The maximum atomic E-state index is 10.2. The fourth-order valence-electron chi connectivity index (χ4n) is 8.57. The lowest BCUT2D eigenvalue weighted by Gasteiger charge is -2.47. The van der Waals surface area contributed by atoms with E-state index in [-0.39, 0.29) is 24.4 Å². The van der Waals surface area contributed by atoms with Gasteiger partial charge in [-0.2, -0.15) is 10.2 Å². The summed E-state index contributed by atoms with van der Waals surface area (Å²) in [5, 5.41) is 18.9. The summed E-state index contributed by atoms with van der Waals surface area (Å²) in [4.78, 5) is 5.21. The Bertz CT molecular complexity index is 1630. The molecule has 10 nitrogen and oxygen atoms in total. The molecule has 0 saturated carbocycles. The minimum absolute atomic E-state index is 0.144. The Morgan fingerprint density at radius 2 is 1.24 bits per heavy atom. The van der Waals surface area contributed by atoms with Gasteiger partial charge in [-0.15, -0.1) is 0 Å². The van der Waals surface area contributed by atoms with E-state index in [1.165, 1.54) is 23.1 Å². The molecule has 2 aromatic heterocycles. The van der Waals surface area contributed by atoms with Crippen LogP contribution < -0.4 is 4.74 Å². The van der Waals surface area contributed by atoms with Crippen molar-refractivity contribution in [2.24, 2.45) is 0 Å². The van der Waals surface area contributed by atoms with Gasteiger partial charge in [-0.25, -0.2) is 0 Å². The molecule has 10 heteroatoms. The van der Waals surface area contributed by atoms with Gasteiger partial charge in [-0.3, -0.25) is 19.2 Å². The van der Waals surface area contributed by atoms with Crippen LogP contribution in [0.3, 0.4) is 0 Å². The standard InChI is InChI=1S/C20H27N3O2.C19H25N3O2/c1-3-9-22-13-16(14-23-10-5-8-21-23)25-20-12-17-15(11-18(20)22)6-4-7-19(17)24-2;1-2-8-21-12-15(13-22-9-4-7-20-22)24-19-11-16-14(10-17(19)21)5-3-6-18(16)23/h4-8,10,16,18,20H,3,9,11-14H2,1-2H3;3-7,9,15,17,19,23H,2,8,10-13H2,1H3/t16-,18-,20-;15-,17-,19-/m00/s1. The Hall–Kier alpha value is -3.70. The Labute approximate surface area is 290 Å². The van der Waals surface area contributed by atoms with Gasteiger partial charge in [-0.05, 0) is 85.3 Å². The molecule has 2 aliphatic heterocycles. The summed E-state index contributed by atoms with van der Waals surface area (Å²) < 4.78 is 22.5. The van der Waals surface area contributed by atoms with Crippen LogP contribution in [0.4, 0.5) is 0 Å². The first kappa shape index (κ1) is 33.8. The summed E-state index contributed by atoms with van der Waals surface area (Å²) in [6, 6.07) is 17.1. The van der Waals surface area contributed by atoms with Crippen LogP contribution in [0.5, 0.6) is 11.5 Å². The number of benzene rings is 2. The number of aromatic nitrogens is 4. The lowest BCUT2D eigenvalue weighted by Crippen LogP contribution is -2.58. The zero-order valence-electron chi connectivity index (χ0n) is 29.2. The molecule has 2 fully saturated rings. The van der Waals surface area contributed by atoms with Gasteiger partial charge < -0.3 is 19.3 Å². The highest BCUT2D eigenvalue weighted by Crippen LogP contribution is 2.37. The maximum Gasteiger partial charge on any atom is 0.122 e. The number of ether oxygens (including phenoxy) is 3. The Morgan fingerprint density at radius 1 is 0.714 bits per heavy atom. The van der Waals surface area contributed by atoms with Crippen molar-refractivity contribution in [3.8, 4) is 11.5 Å². The van der Waals surface area contributed by atoms with E-state index in [4.69, 9.17) is 14.2 Å². The molecule has 4 aliphatic rings. The van der Waals surface area contributed by atoms with Crippen molar-refractivity contribution in [3.05, 3.63) is 95.6 Å².